The number of aliphatic hydroxyl groups excluding tert-OH is 7. The molecule has 1 saturated heterocycles. The van der Waals surface area contributed by atoms with Gasteiger partial charge in [0, 0.05) is 13.0 Å². The summed E-state index contributed by atoms with van der Waals surface area (Å²) in [5, 5.41) is 74.2. The molecule has 11 nitrogen and oxygen atoms in total. The molecule has 1 aliphatic heterocycles. The van der Waals surface area contributed by atoms with E-state index >= 15 is 0 Å². The number of ether oxygens (including phenoxy) is 2. The Morgan fingerprint density at radius 1 is 0.717 bits per heavy atom. The molecule has 0 aliphatic carbocycles. The second-order valence-electron chi connectivity index (χ2n) is 13.5. The standard InChI is InChI=1S/C35H69NO10/c1-3-4-5-6-7-8-9-10-11-14-17-20-23-27(39)33(44)35(2,46-34-32(43)31(42)30(41)28(26-38)45-34)36-29(40)24-21-18-15-12-13-16-19-22-25-37/h27-28,30-34,37-39,41-44H,3-26H2,1-2H3,(H,36,40)/t27-,28?,30+,31+,32-,33+,34+,35+/m1/s1. The van der Waals surface area contributed by atoms with Gasteiger partial charge in [-0.1, -0.05) is 122 Å². The van der Waals surface area contributed by atoms with Gasteiger partial charge in [-0.2, -0.15) is 0 Å². The molecule has 1 heterocycles. The minimum atomic E-state index is -1.89. The van der Waals surface area contributed by atoms with E-state index in [1.165, 1.54) is 58.3 Å². The second-order valence-corrected chi connectivity index (χ2v) is 13.5. The third kappa shape index (κ3) is 17.5. The molecule has 1 rings (SSSR count). The summed E-state index contributed by atoms with van der Waals surface area (Å²) in [5.74, 6) is -0.411. The summed E-state index contributed by atoms with van der Waals surface area (Å²) < 4.78 is 11.4. The predicted octanol–water partition coefficient (Wildman–Crippen LogP) is 3.95. The van der Waals surface area contributed by atoms with Crippen LogP contribution in [0, 0.1) is 0 Å². The number of aliphatic hydroxyl groups is 7. The molecule has 0 saturated carbocycles. The summed E-state index contributed by atoms with van der Waals surface area (Å²) >= 11 is 0. The topological polar surface area (TPSA) is 189 Å². The molecule has 8 atom stereocenters. The zero-order valence-electron chi connectivity index (χ0n) is 28.9. The van der Waals surface area contributed by atoms with Crippen LogP contribution in [-0.2, 0) is 14.3 Å². The molecule has 0 aromatic rings. The van der Waals surface area contributed by atoms with Crippen LogP contribution < -0.4 is 5.32 Å². The highest BCUT2D eigenvalue weighted by atomic mass is 16.7. The van der Waals surface area contributed by atoms with Crippen LogP contribution in [0.15, 0.2) is 0 Å². The first-order valence-electron chi connectivity index (χ1n) is 18.4. The number of amides is 1. The maximum absolute atomic E-state index is 13.0. The molecule has 0 spiro atoms. The number of nitrogens with one attached hydrogen (secondary N) is 1. The van der Waals surface area contributed by atoms with E-state index in [-0.39, 0.29) is 19.4 Å². The molecule has 46 heavy (non-hydrogen) atoms. The van der Waals surface area contributed by atoms with E-state index in [4.69, 9.17) is 14.6 Å². The summed E-state index contributed by atoms with van der Waals surface area (Å²) in [5.41, 5.74) is -1.89. The van der Waals surface area contributed by atoms with Crippen LogP contribution in [0.3, 0.4) is 0 Å². The van der Waals surface area contributed by atoms with Crippen LogP contribution in [0.2, 0.25) is 0 Å². The van der Waals surface area contributed by atoms with Crippen molar-refractivity contribution in [3.8, 4) is 0 Å². The molecule has 0 radical (unpaired) electrons. The zero-order valence-corrected chi connectivity index (χ0v) is 28.9. The summed E-state index contributed by atoms with van der Waals surface area (Å²) in [6.07, 6.45) is 11.3. The van der Waals surface area contributed by atoms with Gasteiger partial charge in [-0.15, -0.1) is 0 Å². The Bertz CT molecular complexity index is 744. The quantitative estimate of drug-likeness (QED) is 0.0430. The summed E-state index contributed by atoms with van der Waals surface area (Å²) in [4.78, 5) is 13.0. The van der Waals surface area contributed by atoms with Crippen molar-refractivity contribution in [3.05, 3.63) is 0 Å². The van der Waals surface area contributed by atoms with E-state index in [2.05, 4.69) is 12.2 Å². The van der Waals surface area contributed by atoms with Crippen LogP contribution in [0.25, 0.3) is 0 Å². The van der Waals surface area contributed by atoms with Gasteiger partial charge in [-0.3, -0.25) is 4.79 Å². The van der Waals surface area contributed by atoms with E-state index in [1.54, 1.807) is 0 Å². The first-order valence-corrected chi connectivity index (χ1v) is 18.4. The molecule has 1 fully saturated rings. The van der Waals surface area contributed by atoms with E-state index in [0.29, 0.717) is 12.8 Å². The molecule has 0 aromatic heterocycles. The lowest BCUT2D eigenvalue weighted by Gasteiger charge is -2.45. The Morgan fingerprint density at radius 3 is 1.70 bits per heavy atom. The molecule has 1 unspecified atom stereocenters. The second kappa shape index (κ2) is 26.0. The number of rotatable bonds is 29. The van der Waals surface area contributed by atoms with E-state index in [0.717, 1.165) is 64.2 Å². The Morgan fingerprint density at radius 2 is 1.20 bits per heavy atom. The number of carbonyl (C=O) groups is 1. The molecule has 0 bridgehead atoms. The van der Waals surface area contributed by atoms with Crippen molar-refractivity contribution >= 4 is 5.91 Å². The highest BCUT2D eigenvalue weighted by Gasteiger charge is 2.49. The lowest BCUT2D eigenvalue weighted by atomic mass is 9.96. The van der Waals surface area contributed by atoms with Crippen molar-refractivity contribution < 1.29 is 50.0 Å². The average molecular weight is 664 g/mol. The van der Waals surface area contributed by atoms with Gasteiger partial charge in [0.25, 0.3) is 0 Å². The van der Waals surface area contributed by atoms with Gasteiger partial charge in [0.2, 0.25) is 5.91 Å². The molecule has 1 aliphatic rings. The van der Waals surface area contributed by atoms with E-state index in [1.807, 2.05) is 0 Å². The SMILES string of the molecule is CCCCCCCCCCCCCC[C@@H](O)[C@H](O)[C@@](C)(NC(=O)CCCCCCCCCCO)O[C@@H]1OC(CO)[C@H](O)[C@H](O)[C@H]1O. The fraction of sp³-hybridized carbons (Fsp3) is 0.971. The minimum Gasteiger partial charge on any atom is -0.396 e. The van der Waals surface area contributed by atoms with Crippen LogP contribution in [0.1, 0.15) is 155 Å². The van der Waals surface area contributed by atoms with Gasteiger partial charge < -0.3 is 50.5 Å². The van der Waals surface area contributed by atoms with Crippen molar-refractivity contribution in [3.63, 3.8) is 0 Å². The van der Waals surface area contributed by atoms with Crippen LogP contribution in [-0.4, -0.2) is 104 Å². The fourth-order valence-corrected chi connectivity index (χ4v) is 6.10. The minimum absolute atomic E-state index is 0.166. The number of unbranched alkanes of at least 4 members (excludes halogenated alkanes) is 18. The maximum Gasteiger partial charge on any atom is 0.222 e. The number of hydrogen-bond donors (Lipinski definition) is 8. The molecule has 1 amide bonds. The van der Waals surface area contributed by atoms with Gasteiger partial charge in [0.15, 0.2) is 12.0 Å². The van der Waals surface area contributed by atoms with Crippen molar-refractivity contribution in [1.82, 2.24) is 5.32 Å². The van der Waals surface area contributed by atoms with Gasteiger partial charge in [0.1, 0.15) is 30.5 Å². The smallest absolute Gasteiger partial charge is 0.222 e. The summed E-state index contributed by atoms with van der Waals surface area (Å²) in [6.45, 7) is 3.18. The maximum atomic E-state index is 13.0. The van der Waals surface area contributed by atoms with E-state index < -0.39 is 61.2 Å². The summed E-state index contributed by atoms with van der Waals surface area (Å²) in [7, 11) is 0. The fourth-order valence-electron chi connectivity index (χ4n) is 6.10. The molecular weight excluding hydrogens is 594 g/mol. The van der Waals surface area contributed by atoms with E-state index in [9.17, 15) is 35.4 Å². The zero-order chi connectivity index (χ0) is 34.2. The molecule has 0 aromatic carbocycles. The normalized spacial score (nSPS) is 24.4. The van der Waals surface area contributed by atoms with Gasteiger partial charge >= 0.3 is 0 Å². The Balaban J connectivity index is 2.63. The highest BCUT2D eigenvalue weighted by molar-refractivity contribution is 5.76. The third-order valence-corrected chi connectivity index (χ3v) is 9.19. The Labute approximate surface area is 278 Å². The number of carbonyl (C=O) groups excluding carboxylic acids is 1. The first kappa shape index (κ1) is 43.1. The van der Waals surface area contributed by atoms with Crippen LogP contribution >= 0.6 is 0 Å². The summed E-state index contributed by atoms with van der Waals surface area (Å²) in [6, 6.07) is 0. The third-order valence-electron chi connectivity index (χ3n) is 9.19. The van der Waals surface area contributed by atoms with Crippen LogP contribution in [0.5, 0.6) is 0 Å². The first-order chi connectivity index (χ1) is 22.1. The largest absolute Gasteiger partial charge is 0.396 e. The van der Waals surface area contributed by atoms with Gasteiger partial charge in [-0.05, 0) is 26.2 Å². The van der Waals surface area contributed by atoms with Gasteiger partial charge in [-0.25, -0.2) is 0 Å². The van der Waals surface area contributed by atoms with Gasteiger partial charge in [0.05, 0.1) is 12.7 Å². The lowest BCUT2D eigenvalue weighted by molar-refractivity contribution is -0.340. The average Bonchev–Trinajstić information content (AvgIpc) is 3.04. The lowest BCUT2D eigenvalue weighted by Crippen LogP contribution is -2.66. The molecule has 8 N–H and O–H groups in total. The van der Waals surface area contributed by atoms with Crippen molar-refractivity contribution in [2.45, 2.75) is 204 Å². The van der Waals surface area contributed by atoms with Crippen molar-refractivity contribution in [2.24, 2.45) is 0 Å². The monoisotopic (exact) mass is 663 g/mol. The predicted molar refractivity (Wildman–Crippen MR) is 178 cm³/mol. The molecular formula is C35H69NO10. The van der Waals surface area contributed by atoms with Crippen LogP contribution in [0.4, 0.5) is 0 Å². The highest BCUT2D eigenvalue weighted by Crippen LogP contribution is 2.28. The molecule has 11 heteroatoms. The Hall–Kier alpha value is -0.890. The number of hydrogen-bond acceptors (Lipinski definition) is 10. The molecule has 274 valence electrons. The Kier molecular flexibility index (Phi) is 24.4. The van der Waals surface area contributed by atoms with Crippen molar-refractivity contribution in [2.75, 3.05) is 13.2 Å². The van der Waals surface area contributed by atoms with Crippen molar-refractivity contribution in [1.29, 1.82) is 0 Å².